The summed E-state index contributed by atoms with van der Waals surface area (Å²) >= 11 is 0. The molecule has 5 heterocycles. The van der Waals surface area contributed by atoms with E-state index in [9.17, 15) is 42.3 Å². The van der Waals surface area contributed by atoms with Crippen molar-refractivity contribution in [3.8, 4) is 11.4 Å². The molecule has 5 aliphatic rings. The summed E-state index contributed by atoms with van der Waals surface area (Å²) in [5.74, 6) is -1.16. The third-order valence-electron chi connectivity index (χ3n) is 17.1. The number of urea groups is 1. The first kappa shape index (κ1) is 65.5. The minimum atomic E-state index is -0.612. The van der Waals surface area contributed by atoms with Gasteiger partial charge in [-0.1, -0.05) is 40.8 Å². The summed E-state index contributed by atoms with van der Waals surface area (Å²) in [4.78, 5) is 98.3. The molecule has 2 aliphatic carbocycles. The molecule has 90 heavy (non-hydrogen) atoms. The Labute approximate surface area is 523 Å². The number of nitrogens with one attached hydrogen (secondary N) is 3. The number of benzene rings is 4. The largest absolute Gasteiger partial charge is 0.340 e. The topological polar surface area (TPSA) is 240 Å². The molecule has 3 aliphatic heterocycles. The summed E-state index contributed by atoms with van der Waals surface area (Å²) in [6.45, 7) is 12.1. The van der Waals surface area contributed by atoms with Crippen molar-refractivity contribution < 1.29 is 42.3 Å². The Balaban J connectivity index is 0.000000183. The predicted molar refractivity (Wildman–Crippen MR) is 332 cm³/mol. The molecule has 476 valence electrons. The average molecular weight is 1240 g/mol. The molecule has 2 unspecified atom stereocenters. The molecule has 0 radical (unpaired) electrons. The Hall–Kier alpha value is -8.91. The van der Waals surface area contributed by atoms with E-state index in [1.807, 2.05) is 47.2 Å². The summed E-state index contributed by atoms with van der Waals surface area (Å²) in [7, 11) is 6.81. The molecule has 11 rings (SSSR count). The van der Waals surface area contributed by atoms with Gasteiger partial charge in [-0.25, -0.2) is 22.9 Å². The lowest BCUT2D eigenvalue weighted by atomic mass is 10.1. The Bertz CT molecular complexity index is 3360. The summed E-state index contributed by atoms with van der Waals surface area (Å²) < 4.78 is 29.8. The first-order valence-electron chi connectivity index (χ1n) is 30.6. The zero-order chi connectivity index (χ0) is 63.8. The maximum Gasteiger partial charge on any atom is 0.332 e. The zero-order valence-electron chi connectivity index (χ0n) is 51.5. The minimum Gasteiger partial charge on any atom is -0.340 e. The number of nitrogens with zero attached hydrogens (tertiary/aromatic N) is 13. The standard InChI is InChI=1S/C31H38FN7O2.C28H34FN7O2.C6H8N2O3/c1-3-15-37(29-22-27(29)23-6-10-25(32)11-7-23)16-4-5-28(31(41)38-20-18-36(2)19-21-38)34-30(40)24-8-12-26(13-9-24)39-17-14-33-35-39;1-34-15-17-35(18-16-34)28(38)25(3-2-12-30-26-19-24(26)20-4-8-22(29)9-5-20)32-27(37)21-6-10-23(11-7-21)36-14-13-31-33-36;1-7-4(9)3-5(10)8(2)6(7)11/h3,6-14,17,27-29H,1,4-5,15-16,18-22H2,2H3,(H,34,40);4-11,13-14,24-26,30H,2-3,12,15-19H2,1H3,(H,32,37);3H2,1-2H3/t27?,28-,29?;24-,25+,26+;/m01./s1. The van der Waals surface area contributed by atoms with Crippen LogP contribution < -0.4 is 16.0 Å². The van der Waals surface area contributed by atoms with Crippen LogP contribution in [0.15, 0.2) is 135 Å². The van der Waals surface area contributed by atoms with Crippen LogP contribution >= 0.6 is 0 Å². The van der Waals surface area contributed by atoms with E-state index < -0.39 is 29.9 Å². The zero-order valence-corrected chi connectivity index (χ0v) is 51.5. The molecule has 2 aromatic heterocycles. The van der Waals surface area contributed by atoms with Crippen molar-refractivity contribution in [2.45, 2.75) is 80.9 Å². The van der Waals surface area contributed by atoms with E-state index in [2.05, 4.69) is 64.9 Å². The van der Waals surface area contributed by atoms with Crippen LogP contribution in [0.3, 0.4) is 0 Å². The highest BCUT2D eigenvalue weighted by Crippen LogP contribution is 2.45. The van der Waals surface area contributed by atoms with Crippen molar-refractivity contribution in [3.63, 3.8) is 0 Å². The molecular formula is C65H80F2N16O7. The number of halogens is 2. The number of piperazine rings is 2. The summed E-state index contributed by atoms with van der Waals surface area (Å²) in [6.07, 6.45) is 13.0. The molecule has 6 atom stereocenters. The van der Waals surface area contributed by atoms with Crippen molar-refractivity contribution >= 4 is 41.5 Å². The number of rotatable bonds is 22. The van der Waals surface area contributed by atoms with Gasteiger partial charge in [-0.2, -0.15) is 0 Å². The van der Waals surface area contributed by atoms with E-state index in [1.165, 1.54) is 38.4 Å². The Kier molecular flexibility index (Phi) is 22.6. The fraction of sp³-hybridized carbons (Fsp3) is 0.431. The number of barbiturate groups is 1. The Morgan fingerprint density at radius 1 is 0.600 bits per heavy atom. The number of carbonyl (C=O) groups is 7. The molecule has 23 nitrogen and oxygen atoms in total. The molecule has 8 amide bonds. The smallest absolute Gasteiger partial charge is 0.332 e. The summed E-state index contributed by atoms with van der Waals surface area (Å²) in [5.41, 5.74) is 4.87. The van der Waals surface area contributed by atoms with Crippen molar-refractivity contribution in [3.05, 3.63) is 168 Å². The van der Waals surface area contributed by atoms with Gasteiger partial charge < -0.3 is 35.6 Å². The maximum absolute atomic E-state index is 13.6. The van der Waals surface area contributed by atoms with E-state index in [1.54, 1.807) is 82.7 Å². The SMILES string of the molecule is C=CCN(CCC[C@H](NC(=O)c1ccc(-n2ccnn2)cc1)C(=O)N1CCN(C)CC1)C1CC1c1ccc(F)cc1.CN1C(=O)CC(=O)N(C)C1=O.CN1CCN(C(=O)[C@H](CCCN[C@H]2C[C@@H]2c2ccc(F)cc2)NC(=O)c2ccc(-n3ccnn3)cc2)CC1. The monoisotopic (exact) mass is 1230 g/mol. The molecule has 25 heteroatoms. The van der Waals surface area contributed by atoms with Gasteiger partial charge in [0, 0.05) is 108 Å². The number of hydrogen-bond acceptors (Lipinski definition) is 15. The normalized spacial score (nSPS) is 19.9. The molecular weight excluding hydrogens is 1150 g/mol. The maximum atomic E-state index is 13.6. The highest BCUT2D eigenvalue weighted by atomic mass is 19.1. The van der Waals surface area contributed by atoms with Crippen LogP contribution in [0.5, 0.6) is 0 Å². The molecule has 3 N–H and O–H groups in total. The van der Waals surface area contributed by atoms with Gasteiger partial charge in [0.2, 0.25) is 23.6 Å². The number of amides is 8. The van der Waals surface area contributed by atoms with Crippen LogP contribution in [0.1, 0.15) is 88.6 Å². The van der Waals surface area contributed by atoms with Crippen LogP contribution in [-0.2, 0) is 19.2 Å². The van der Waals surface area contributed by atoms with Gasteiger partial charge in [-0.3, -0.25) is 43.5 Å². The Morgan fingerprint density at radius 2 is 1.04 bits per heavy atom. The second-order valence-corrected chi connectivity index (χ2v) is 23.4. The fourth-order valence-electron chi connectivity index (χ4n) is 11.3. The molecule has 2 saturated carbocycles. The minimum absolute atomic E-state index is 0.0266. The second kappa shape index (κ2) is 31.0. The van der Waals surface area contributed by atoms with Crippen molar-refractivity contribution in [1.82, 2.24) is 80.2 Å². The molecule has 6 aromatic rings. The third-order valence-corrected chi connectivity index (χ3v) is 17.1. The van der Waals surface area contributed by atoms with E-state index >= 15 is 0 Å². The van der Waals surface area contributed by atoms with Crippen LogP contribution in [0.4, 0.5) is 13.6 Å². The predicted octanol–water partition coefficient (Wildman–Crippen LogP) is 4.73. The Morgan fingerprint density at radius 3 is 1.48 bits per heavy atom. The number of aromatic nitrogens is 6. The number of imide groups is 2. The third kappa shape index (κ3) is 17.7. The summed E-state index contributed by atoms with van der Waals surface area (Å²) in [6, 6.07) is 26.6. The molecule has 3 saturated heterocycles. The van der Waals surface area contributed by atoms with Crippen molar-refractivity contribution in [1.29, 1.82) is 0 Å². The van der Waals surface area contributed by atoms with Gasteiger partial charge in [0.15, 0.2) is 0 Å². The number of likely N-dealkylation sites (N-methyl/N-ethyl adjacent to an activating group) is 2. The molecule has 4 aromatic carbocycles. The van der Waals surface area contributed by atoms with E-state index in [0.717, 1.165) is 104 Å². The van der Waals surface area contributed by atoms with Gasteiger partial charge in [0.05, 0.1) is 36.2 Å². The molecule has 0 bridgehead atoms. The lowest BCUT2D eigenvalue weighted by Crippen LogP contribution is -2.54. The lowest BCUT2D eigenvalue weighted by Gasteiger charge is -2.35. The molecule has 5 fully saturated rings. The van der Waals surface area contributed by atoms with Crippen LogP contribution in [0.25, 0.3) is 11.4 Å². The van der Waals surface area contributed by atoms with E-state index in [4.69, 9.17) is 0 Å². The highest BCUT2D eigenvalue weighted by molar-refractivity contribution is 6.13. The average Bonchev–Trinajstić information content (AvgIpc) is 1.67. The van der Waals surface area contributed by atoms with Gasteiger partial charge in [0.1, 0.15) is 30.1 Å². The highest BCUT2D eigenvalue weighted by Gasteiger charge is 2.42. The van der Waals surface area contributed by atoms with Crippen LogP contribution in [0.2, 0.25) is 0 Å². The lowest BCUT2D eigenvalue weighted by molar-refractivity contribution is -0.141. The van der Waals surface area contributed by atoms with Gasteiger partial charge in [-0.05, 0) is 150 Å². The first-order chi connectivity index (χ1) is 43.4. The van der Waals surface area contributed by atoms with Gasteiger partial charge >= 0.3 is 6.03 Å². The van der Waals surface area contributed by atoms with E-state index in [-0.39, 0.29) is 41.7 Å². The number of hydrogen-bond donors (Lipinski definition) is 3. The van der Waals surface area contributed by atoms with Gasteiger partial charge in [0.25, 0.3) is 11.8 Å². The van der Waals surface area contributed by atoms with Crippen molar-refractivity contribution in [2.24, 2.45) is 0 Å². The fourth-order valence-corrected chi connectivity index (χ4v) is 11.3. The number of carbonyl (C=O) groups excluding carboxylic acids is 7. The van der Waals surface area contributed by atoms with Crippen LogP contribution in [-0.4, -0.2) is 230 Å². The summed E-state index contributed by atoms with van der Waals surface area (Å²) in [5, 5.41) is 25.2. The van der Waals surface area contributed by atoms with Gasteiger partial charge in [-0.15, -0.1) is 16.8 Å². The van der Waals surface area contributed by atoms with Crippen LogP contribution in [0, 0.1) is 11.6 Å². The second-order valence-electron chi connectivity index (χ2n) is 23.4. The van der Waals surface area contributed by atoms with E-state index in [0.29, 0.717) is 74.1 Å². The first-order valence-corrected chi connectivity index (χ1v) is 30.6. The quantitative estimate of drug-likeness (QED) is 0.0473. The molecule has 0 spiro atoms. The van der Waals surface area contributed by atoms with Crippen molar-refractivity contribution in [2.75, 3.05) is 100 Å².